The van der Waals surface area contributed by atoms with E-state index in [-0.39, 0.29) is 0 Å². The second-order valence-corrected chi connectivity index (χ2v) is 4.52. The number of halogens is 4. The Kier molecular flexibility index (Phi) is 5.50. The Bertz CT molecular complexity index is 344. The summed E-state index contributed by atoms with van der Waals surface area (Å²) in [4.78, 5) is 10.4. The van der Waals surface area contributed by atoms with Crippen LogP contribution in [0.1, 0.15) is 0 Å². The van der Waals surface area contributed by atoms with Crippen molar-refractivity contribution in [1.82, 2.24) is 0 Å². The Morgan fingerprint density at radius 2 is 2.00 bits per heavy atom. The van der Waals surface area contributed by atoms with Crippen molar-refractivity contribution in [2.45, 2.75) is 11.4 Å². The highest BCUT2D eigenvalue weighted by atomic mass is 35.5. The van der Waals surface area contributed by atoms with Gasteiger partial charge in [0.15, 0.2) is 0 Å². The van der Waals surface area contributed by atoms with Crippen molar-refractivity contribution in [3.8, 4) is 0 Å². The minimum Gasteiger partial charge on any atom is -0.461 e. The lowest BCUT2D eigenvalue weighted by Gasteiger charge is -2.18. The molecule has 0 rings (SSSR count). The third-order valence-corrected chi connectivity index (χ3v) is 3.00. The molecular weight excluding hydrogens is 277 g/mol. The Balaban J connectivity index is 4.60. The van der Waals surface area contributed by atoms with Gasteiger partial charge in [-0.05, 0) is 0 Å². The van der Waals surface area contributed by atoms with Crippen LogP contribution in [0.2, 0.25) is 0 Å². The van der Waals surface area contributed by atoms with Crippen molar-refractivity contribution in [1.29, 1.82) is 0 Å². The molecule has 0 aliphatic rings. The number of ether oxygens (including phenoxy) is 1. The summed E-state index contributed by atoms with van der Waals surface area (Å²) in [5.74, 6) is -1.80. The summed E-state index contributed by atoms with van der Waals surface area (Å²) in [5, 5.41) is -4.80. The van der Waals surface area contributed by atoms with Crippen molar-refractivity contribution in [3.63, 3.8) is 0 Å². The van der Waals surface area contributed by atoms with E-state index in [0.29, 0.717) is 7.11 Å². The molecule has 0 N–H and O–H groups in total. The number of hydrogen-bond donors (Lipinski definition) is 0. The van der Waals surface area contributed by atoms with Crippen LogP contribution < -0.4 is 0 Å². The number of rotatable bonds is 6. The van der Waals surface area contributed by atoms with Gasteiger partial charge in [0.25, 0.3) is 0 Å². The molecule has 0 saturated carbocycles. The molecule has 0 heterocycles. The van der Waals surface area contributed by atoms with Crippen LogP contribution in [0.5, 0.6) is 0 Å². The first-order valence-corrected chi connectivity index (χ1v) is 5.67. The highest BCUT2D eigenvalue weighted by Gasteiger charge is 2.54. The predicted octanol–water partition coefficient (Wildman–Crippen LogP) is 0.675. The summed E-state index contributed by atoms with van der Waals surface area (Å²) >= 11 is 4.94. The van der Waals surface area contributed by atoms with Crippen LogP contribution in [0.3, 0.4) is 0 Å². The standard InChI is InChI=1S/C6H8ClF3O5S/c1-14-16(12,13)6(9,10)4(8)3-15-5(11)2-7/h4H,2-3H2,1H3. The summed E-state index contributed by atoms with van der Waals surface area (Å²) in [7, 11) is -4.93. The minimum absolute atomic E-state index is 0.459. The van der Waals surface area contributed by atoms with Gasteiger partial charge in [0.05, 0.1) is 7.11 Å². The number of carbonyl (C=O) groups is 1. The van der Waals surface area contributed by atoms with Crippen LogP contribution in [-0.4, -0.2) is 45.4 Å². The van der Waals surface area contributed by atoms with Crippen molar-refractivity contribution in [3.05, 3.63) is 0 Å². The van der Waals surface area contributed by atoms with E-state index in [1.807, 2.05) is 0 Å². The third-order valence-electron chi connectivity index (χ3n) is 1.42. The molecular formula is C6H8ClF3O5S. The average molecular weight is 285 g/mol. The summed E-state index contributed by atoms with van der Waals surface area (Å²) in [6.45, 7) is -1.43. The molecule has 0 aromatic heterocycles. The molecule has 0 spiro atoms. The molecule has 0 fully saturated rings. The summed E-state index contributed by atoms with van der Waals surface area (Å²) in [6.07, 6.45) is -3.23. The summed E-state index contributed by atoms with van der Waals surface area (Å²) in [5.41, 5.74) is 0. The van der Waals surface area contributed by atoms with Crippen LogP contribution in [0, 0.1) is 0 Å². The molecule has 0 amide bonds. The fraction of sp³-hybridized carbons (Fsp3) is 0.833. The highest BCUT2D eigenvalue weighted by Crippen LogP contribution is 2.29. The zero-order valence-corrected chi connectivity index (χ0v) is 9.53. The van der Waals surface area contributed by atoms with Gasteiger partial charge in [0.2, 0.25) is 6.17 Å². The van der Waals surface area contributed by atoms with E-state index in [4.69, 9.17) is 11.6 Å². The molecule has 0 aliphatic carbocycles. The molecule has 0 saturated heterocycles. The number of alkyl halides is 4. The van der Waals surface area contributed by atoms with Gasteiger partial charge in [-0.1, -0.05) is 0 Å². The number of esters is 1. The summed E-state index contributed by atoms with van der Waals surface area (Å²) < 4.78 is 67.1. The number of carbonyl (C=O) groups excluding carboxylic acids is 1. The second-order valence-electron chi connectivity index (χ2n) is 2.47. The minimum atomic E-state index is -5.38. The lowest BCUT2D eigenvalue weighted by atomic mass is 10.4. The van der Waals surface area contributed by atoms with Crippen LogP contribution >= 0.6 is 11.6 Å². The van der Waals surface area contributed by atoms with Crippen LogP contribution in [0.4, 0.5) is 13.2 Å². The smallest absolute Gasteiger partial charge is 0.403 e. The Morgan fingerprint density at radius 3 is 2.38 bits per heavy atom. The normalized spacial score (nSPS) is 14.6. The molecule has 10 heteroatoms. The lowest BCUT2D eigenvalue weighted by Crippen LogP contribution is -2.42. The molecule has 0 aromatic carbocycles. The second kappa shape index (κ2) is 5.69. The SMILES string of the molecule is COS(=O)(=O)C(F)(F)C(F)COC(=O)CCl. The zero-order chi connectivity index (χ0) is 13.0. The maximum Gasteiger partial charge on any atom is 0.403 e. The van der Waals surface area contributed by atoms with E-state index < -0.39 is 40.0 Å². The van der Waals surface area contributed by atoms with E-state index >= 15 is 0 Å². The molecule has 0 bridgehead atoms. The maximum atomic E-state index is 12.8. The molecule has 1 unspecified atom stereocenters. The van der Waals surface area contributed by atoms with Gasteiger partial charge in [-0.2, -0.15) is 17.2 Å². The van der Waals surface area contributed by atoms with E-state index in [2.05, 4.69) is 8.92 Å². The first-order valence-electron chi connectivity index (χ1n) is 3.72. The lowest BCUT2D eigenvalue weighted by molar-refractivity contribution is -0.145. The van der Waals surface area contributed by atoms with Gasteiger partial charge >= 0.3 is 21.3 Å². The largest absolute Gasteiger partial charge is 0.461 e. The van der Waals surface area contributed by atoms with Crippen molar-refractivity contribution < 1.29 is 35.3 Å². The van der Waals surface area contributed by atoms with E-state index in [1.165, 1.54) is 0 Å². The van der Waals surface area contributed by atoms with Gasteiger partial charge in [-0.3, -0.25) is 8.98 Å². The van der Waals surface area contributed by atoms with Crippen molar-refractivity contribution in [2.24, 2.45) is 0 Å². The monoisotopic (exact) mass is 284 g/mol. The molecule has 0 aromatic rings. The van der Waals surface area contributed by atoms with Crippen molar-refractivity contribution >= 4 is 27.7 Å². The maximum absolute atomic E-state index is 12.8. The Labute approximate surface area is 94.6 Å². The Hall–Kier alpha value is -0.540. The molecule has 16 heavy (non-hydrogen) atoms. The molecule has 96 valence electrons. The fourth-order valence-electron chi connectivity index (χ4n) is 0.569. The van der Waals surface area contributed by atoms with Crippen molar-refractivity contribution in [2.75, 3.05) is 19.6 Å². The van der Waals surface area contributed by atoms with Crippen LogP contribution in [0.15, 0.2) is 0 Å². The van der Waals surface area contributed by atoms with Gasteiger partial charge in [-0.25, -0.2) is 4.39 Å². The van der Waals surface area contributed by atoms with Crippen LogP contribution in [-0.2, 0) is 23.8 Å². The molecule has 5 nitrogen and oxygen atoms in total. The molecule has 0 aliphatic heterocycles. The van der Waals surface area contributed by atoms with Gasteiger partial charge in [-0.15, -0.1) is 11.6 Å². The first kappa shape index (κ1) is 15.5. The number of hydrogen-bond acceptors (Lipinski definition) is 5. The topological polar surface area (TPSA) is 69.7 Å². The molecule has 1 atom stereocenters. The quantitative estimate of drug-likeness (QED) is 0.407. The molecule has 0 radical (unpaired) electrons. The van der Waals surface area contributed by atoms with E-state index in [1.54, 1.807) is 0 Å². The predicted molar refractivity (Wildman–Crippen MR) is 47.5 cm³/mol. The highest BCUT2D eigenvalue weighted by molar-refractivity contribution is 7.87. The Morgan fingerprint density at radius 1 is 1.50 bits per heavy atom. The van der Waals surface area contributed by atoms with Gasteiger partial charge in [0, 0.05) is 0 Å². The van der Waals surface area contributed by atoms with Gasteiger partial charge in [0.1, 0.15) is 12.5 Å². The third kappa shape index (κ3) is 3.49. The summed E-state index contributed by atoms with van der Waals surface area (Å²) in [6, 6.07) is 0. The van der Waals surface area contributed by atoms with Gasteiger partial charge < -0.3 is 4.74 Å². The van der Waals surface area contributed by atoms with E-state index in [9.17, 15) is 26.4 Å². The van der Waals surface area contributed by atoms with E-state index in [0.717, 1.165) is 0 Å². The fourth-order valence-corrected chi connectivity index (χ4v) is 1.25. The zero-order valence-electron chi connectivity index (χ0n) is 7.95. The van der Waals surface area contributed by atoms with Crippen LogP contribution in [0.25, 0.3) is 0 Å². The average Bonchev–Trinajstić information content (AvgIpc) is 2.24. The first-order chi connectivity index (χ1) is 7.19.